The van der Waals surface area contributed by atoms with Crippen molar-refractivity contribution in [3.63, 3.8) is 0 Å². The van der Waals surface area contributed by atoms with Gasteiger partial charge in [-0.15, -0.1) is 10.2 Å². The number of ether oxygens (including phenoxy) is 1. The fourth-order valence-electron chi connectivity index (χ4n) is 2.59. The number of nitrogens with zero attached hydrogens (tertiary/aromatic N) is 4. The lowest BCUT2D eigenvalue weighted by Crippen LogP contribution is -2.49. The van der Waals surface area contributed by atoms with Crippen LogP contribution in [0.25, 0.3) is 11.3 Å². The molecule has 6 heteroatoms. The van der Waals surface area contributed by atoms with Crippen LogP contribution in [-0.4, -0.2) is 54.0 Å². The SMILES string of the molecule is CCOC(=O)N1CCN(c2ccc(-c3ccccc3)nn2)CC1. The minimum atomic E-state index is -0.238. The molecule has 1 aliphatic heterocycles. The molecule has 0 unspecified atom stereocenters. The molecule has 0 atom stereocenters. The van der Waals surface area contributed by atoms with Crippen molar-refractivity contribution in [3.8, 4) is 11.3 Å². The number of carbonyl (C=O) groups excluding carboxylic acids is 1. The second kappa shape index (κ2) is 7.09. The van der Waals surface area contributed by atoms with Gasteiger partial charge in [-0.05, 0) is 19.1 Å². The quantitative estimate of drug-likeness (QED) is 0.871. The predicted octanol–water partition coefficient (Wildman–Crippen LogP) is 2.42. The molecule has 0 bridgehead atoms. The fourth-order valence-corrected chi connectivity index (χ4v) is 2.59. The Labute approximate surface area is 135 Å². The summed E-state index contributed by atoms with van der Waals surface area (Å²) in [5.41, 5.74) is 1.91. The molecule has 120 valence electrons. The van der Waals surface area contributed by atoms with Gasteiger partial charge in [-0.1, -0.05) is 30.3 Å². The van der Waals surface area contributed by atoms with E-state index in [2.05, 4.69) is 15.1 Å². The van der Waals surface area contributed by atoms with Crippen molar-refractivity contribution in [1.29, 1.82) is 0 Å². The van der Waals surface area contributed by atoms with E-state index < -0.39 is 0 Å². The average Bonchev–Trinajstić information content (AvgIpc) is 2.63. The number of aromatic nitrogens is 2. The van der Waals surface area contributed by atoms with Gasteiger partial charge in [0, 0.05) is 31.7 Å². The van der Waals surface area contributed by atoms with Gasteiger partial charge in [0.15, 0.2) is 5.82 Å². The maximum Gasteiger partial charge on any atom is 0.409 e. The summed E-state index contributed by atoms with van der Waals surface area (Å²) in [6, 6.07) is 13.9. The van der Waals surface area contributed by atoms with E-state index in [4.69, 9.17) is 4.74 Å². The molecule has 2 aromatic rings. The molecule has 1 aliphatic rings. The maximum absolute atomic E-state index is 11.7. The Balaban J connectivity index is 1.62. The van der Waals surface area contributed by atoms with E-state index in [-0.39, 0.29) is 6.09 Å². The third kappa shape index (κ3) is 3.59. The molecule has 1 aromatic heterocycles. The third-order valence-electron chi connectivity index (χ3n) is 3.85. The Kier molecular flexibility index (Phi) is 4.71. The number of hydrogen-bond acceptors (Lipinski definition) is 5. The Hall–Kier alpha value is -2.63. The van der Waals surface area contributed by atoms with E-state index in [0.717, 1.165) is 30.2 Å². The van der Waals surface area contributed by atoms with Crippen LogP contribution in [-0.2, 0) is 4.74 Å². The summed E-state index contributed by atoms with van der Waals surface area (Å²) in [5, 5.41) is 8.64. The first kappa shape index (κ1) is 15.3. The monoisotopic (exact) mass is 312 g/mol. The zero-order chi connectivity index (χ0) is 16.1. The first-order valence-electron chi connectivity index (χ1n) is 7.83. The fraction of sp³-hybridized carbons (Fsp3) is 0.353. The third-order valence-corrected chi connectivity index (χ3v) is 3.85. The molecule has 3 rings (SSSR count). The minimum absolute atomic E-state index is 0.238. The molecule has 0 N–H and O–H groups in total. The number of anilines is 1. The van der Waals surface area contributed by atoms with Crippen molar-refractivity contribution >= 4 is 11.9 Å². The second-order valence-electron chi connectivity index (χ2n) is 5.32. The summed E-state index contributed by atoms with van der Waals surface area (Å²) >= 11 is 0. The van der Waals surface area contributed by atoms with Crippen molar-refractivity contribution in [2.24, 2.45) is 0 Å². The van der Waals surface area contributed by atoms with Gasteiger partial charge in [-0.3, -0.25) is 0 Å². The average molecular weight is 312 g/mol. The summed E-state index contributed by atoms with van der Waals surface area (Å²) in [5.74, 6) is 0.841. The molecule has 1 amide bonds. The molecular weight excluding hydrogens is 292 g/mol. The van der Waals surface area contributed by atoms with Gasteiger partial charge in [-0.2, -0.15) is 0 Å². The first-order chi connectivity index (χ1) is 11.3. The molecule has 0 aliphatic carbocycles. The molecule has 1 aromatic carbocycles. The predicted molar refractivity (Wildman–Crippen MR) is 88.3 cm³/mol. The molecular formula is C17H20N4O2. The second-order valence-corrected chi connectivity index (χ2v) is 5.32. The number of amides is 1. The molecule has 6 nitrogen and oxygen atoms in total. The molecule has 0 saturated carbocycles. The highest BCUT2D eigenvalue weighted by Crippen LogP contribution is 2.19. The van der Waals surface area contributed by atoms with Crippen molar-refractivity contribution in [2.45, 2.75) is 6.92 Å². The zero-order valence-electron chi connectivity index (χ0n) is 13.2. The maximum atomic E-state index is 11.7. The van der Waals surface area contributed by atoms with Crippen LogP contribution in [0.4, 0.5) is 10.6 Å². The van der Waals surface area contributed by atoms with Crippen LogP contribution in [0.2, 0.25) is 0 Å². The highest BCUT2D eigenvalue weighted by molar-refractivity contribution is 5.68. The van der Waals surface area contributed by atoms with Crippen LogP contribution in [0.3, 0.4) is 0 Å². The van der Waals surface area contributed by atoms with Crippen LogP contribution in [0.15, 0.2) is 42.5 Å². The zero-order valence-corrected chi connectivity index (χ0v) is 13.2. The van der Waals surface area contributed by atoms with Crippen molar-refractivity contribution in [1.82, 2.24) is 15.1 Å². The van der Waals surface area contributed by atoms with Gasteiger partial charge < -0.3 is 14.5 Å². The van der Waals surface area contributed by atoms with Gasteiger partial charge in [0.2, 0.25) is 0 Å². The minimum Gasteiger partial charge on any atom is -0.450 e. The normalized spacial score (nSPS) is 14.7. The Morgan fingerprint density at radius 3 is 2.39 bits per heavy atom. The molecule has 0 radical (unpaired) electrons. The number of piperazine rings is 1. The lowest BCUT2D eigenvalue weighted by atomic mass is 10.1. The topological polar surface area (TPSA) is 58.6 Å². The van der Waals surface area contributed by atoms with Gasteiger partial charge >= 0.3 is 6.09 Å². The van der Waals surface area contributed by atoms with Gasteiger partial charge in [-0.25, -0.2) is 4.79 Å². The first-order valence-corrected chi connectivity index (χ1v) is 7.83. The van der Waals surface area contributed by atoms with Gasteiger partial charge in [0.05, 0.1) is 12.3 Å². The van der Waals surface area contributed by atoms with Gasteiger partial charge in [0.1, 0.15) is 0 Å². The summed E-state index contributed by atoms with van der Waals surface area (Å²) in [4.78, 5) is 15.6. The van der Waals surface area contributed by atoms with E-state index in [0.29, 0.717) is 19.7 Å². The highest BCUT2D eigenvalue weighted by Gasteiger charge is 2.22. The van der Waals surface area contributed by atoms with Crippen LogP contribution in [0, 0.1) is 0 Å². The number of carbonyl (C=O) groups is 1. The molecule has 1 fully saturated rings. The van der Waals surface area contributed by atoms with Crippen LogP contribution < -0.4 is 4.90 Å². The van der Waals surface area contributed by atoms with Crippen molar-refractivity contribution < 1.29 is 9.53 Å². The molecule has 2 heterocycles. The summed E-state index contributed by atoms with van der Waals surface area (Å²) in [7, 11) is 0. The molecule has 1 saturated heterocycles. The number of benzene rings is 1. The van der Waals surface area contributed by atoms with Crippen molar-refractivity contribution in [3.05, 3.63) is 42.5 Å². The van der Waals surface area contributed by atoms with E-state index in [1.807, 2.05) is 49.4 Å². The smallest absolute Gasteiger partial charge is 0.409 e. The van der Waals surface area contributed by atoms with Crippen LogP contribution >= 0.6 is 0 Å². The van der Waals surface area contributed by atoms with Crippen molar-refractivity contribution in [2.75, 3.05) is 37.7 Å². The van der Waals surface area contributed by atoms with E-state index in [9.17, 15) is 4.79 Å². The lowest BCUT2D eigenvalue weighted by molar-refractivity contribution is 0.105. The largest absolute Gasteiger partial charge is 0.450 e. The highest BCUT2D eigenvalue weighted by atomic mass is 16.6. The van der Waals surface area contributed by atoms with Crippen LogP contribution in [0.1, 0.15) is 6.92 Å². The summed E-state index contributed by atoms with van der Waals surface area (Å²) in [6.45, 7) is 4.97. The Morgan fingerprint density at radius 1 is 1.04 bits per heavy atom. The molecule has 0 spiro atoms. The van der Waals surface area contributed by atoms with E-state index in [1.165, 1.54) is 0 Å². The Morgan fingerprint density at radius 2 is 1.78 bits per heavy atom. The number of rotatable bonds is 3. The van der Waals surface area contributed by atoms with E-state index in [1.54, 1.807) is 4.90 Å². The number of hydrogen-bond donors (Lipinski definition) is 0. The van der Waals surface area contributed by atoms with Gasteiger partial charge in [0.25, 0.3) is 0 Å². The summed E-state index contributed by atoms with van der Waals surface area (Å²) < 4.78 is 5.03. The standard InChI is InChI=1S/C17H20N4O2/c1-2-23-17(22)21-12-10-20(11-13-21)16-9-8-15(18-19-16)14-6-4-3-5-7-14/h3-9H,2,10-13H2,1H3. The Bertz CT molecular complexity index is 637. The van der Waals surface area contributed by atoms with Crippen LogP contribution in [0.5, 0.6) is 0 Å². The lowest BCUT2D eigenvalue weighted by Gasteiger charge is -2.34. The van der Waals surface area contributed by atoms with E-state index >= 15 is 0 Å². The molecule has 23 heavy (non-hydrogen) atoms. The summed E-state index contributed by atoms with van der Waals surface area (Å²) in [6.07, 6.45) is -0.238.